The van der Waals surface area contributed by atoms with Crippen LogP contribution in [0.25, 0.3) is 0 Å². The summed E-state index contributed by atoms with van der Waals surface area (Å²) in [7, 11) is 3.74. The van der Waals surface area contributed by atoms with Crippen LogP contribution in [0.15, 0.2) is 0 Å². The molecule has 1 heterocycles. The van der Waals surface area contributed by atoms with Gasteiger partial charge in [-0.1, -0.05) is 13.8 Å². The highest BCUT2D eigenvalue weighted by Crippen LogP contribution is 2.11. The number of rotatable bonds is 6. The molecule has 6 heteroatoms. The lowest BCUT2D eigenvalue weighted by atomic mass is 10.1. The van der Waals surface area contributed by atoms with Crippen LogP contribution >= 0.6 is 11.6 Å². The van der Waals surface area contributed by atoms with E-state index in [9.17, 15) is 0 Å². The quantitative estimate of drug-likeness (QED) is 0.794. The fourth-order valence-corrected chi connectivity index (χ4v) is 1.48. The van der Waals surface area contributed by atoms with Gasteiger partial charge in [0, 0.05) is 20.6 Å². The van der Waals surface area contributed by atoms with Crippen molar-refractivity contribution in [1.29, 1.82) is 0 Å². The second kappa shape index (κ2) is 6.59. The van der Waals surface area contributed by atoms with Gasteiger partial charge in [0.1, 0.15) is 0 Å². The number of aromatic nitrogens is 3. The molecule has 0 atom stereocenters. The third-order valence-electron chi connectivity index (χ3n) is 2.24. The van der Waals surface area contributed by atoms with Crippen LogP contribution < -0.4 is 10.2 Å². The molecule has 0 saturated carbocycles. The zero-order valence-electron chi connectivity index (χ0n) is 10.9. The van der Waals surface area contributed by atoms with Crippen molar-refractivity contribution in [2.75, 3.05) is 30.9 Å². The minimum atomic E-state index is 0.218. The predicted molar refractivity (Wildman–Crippen MR) is 71.7 cm³/mol. The topological polar surface area (TPSA) is 53.9 Å². The molecule has 0 saturated heterocycles. The molecule has 0 spiro atoms. The van der Waals surface area contributed by atoms with Gasteiger partial charge < -0.3 is 10.2 Å². The van der Waals surface area contributed by atoms with Gasteiger partial charge in [-0.3, -0.25) is 0 Å². The summed E-state index contributed by atoms with van der Waals surface area (Å²) < 4.78 is 0. The van der Waals surface area contributed by atoms with Crippen LogP contribution in [-0.4, -0.2) is 35.6 Å². The zero-order valence-corrected chi connectivity index (χ0v) is 11.6. The molecule has 0 aliphatic carbocycles. The Bertz CT molecular complexity index is 354. The Morgan fingerprint density at radius 1 is 1.24 bits per heavy atom. The maximum Gasteiger partial charge on any atom is 0.230 e. The van der Waals surface area contributed by atoms with Crippen molar-refractivity contribution in [2.24, 2.45) is 5.92 Å². The number of hydrogen-bond donors (Lipinski definition) is 1. The van der Waals surface area contributed by atoms with Crippen LogP contribution in [0.2, 0.25) is 5.28 Å². The van der Waals surface area contributed by atoms with Gasteiger partial charge in [0.05, 0.1) is 0 Å². The van der Waals surface area contributed by atoms with Crippen LogP contribution in [-0.2, 0) is 0 Å². The molecule has 0 aliphatic rings. The lowest BCUT2D eigenvalue weighted by molar-refractivity contribution is 0.566. The molecule has 0 radical (unpaired) electrons. The molecule has 1 aromatic heterocycles. The van der Waals surface area contributed by atoms with Crippen molar-refractivity contribution in [3.8, 4) is 0 Å². The molecule has 5 nitrogen and oxygen atoms in total. The van der Waals surface area contributed by atoms with Crippen molar-refractivity contribution in [3.63, 3.8) is 0 Å². The molecule has 0 aliphatic heterocycles. The summed E-state index contributed by atoms with van der Waals surface area (Å²) in [4.78, 5) is 14.1. The molecule has 1 N–H and O–H groups in total. The highest BCUT2D eigenvalue weighted by Gasteiger charge is 2.05. The summed E-state index contributed by atoms with van der Waals surface area (Å²) in [6.07, 6.45) is 2.28. The van der Waals surface area contributed by atoms with Crippen LogP contribution in [0.1, 0.15) is 26.7 Å². The Balaban J connectivity index is 2.53. The fourth-order valence-electron chi connectivity index (χ4n) is 1.33. The van der Waals surface area contributed by atoms with Gasteiger partial charge in [0.15, 0.2) is 0 Å². The molecule has 96 valence electrons. The average molecular weight is 258 g/mol. The van der Waals surface area contributed by atoms with E-state index >= 15 is 0 Å². The molecule has 0 amide bonds. The number of nitrogens with one attached hydrogen (secondary N) is 1. The summed E-state index contributed by atoms with van der Waals surface area (Å²) in [6, 6.07) is 0. The highest BCUT2D eigenvalue weighted by molar-refractivity contribution is 6.28. The van der Waals surface area contributed by atoms with Crippen molar-refractivity contribution in [2.45, 2.75) is 26.7 Å². The summed E-state index contributed by atoms with van der Waals surface area (Å²) in [5.41, 5.74) is 0. The molecule has 1 aromatic rings. The first-order valence-corrected chi connectivity index (χ1v) is 6.19. The van der Waals surface area contributed by atoms with E-state index in [-0.39, 0.29) is 5.28 Å². The van der Waals surface area contributed by atoms with Crippen LogP contribution in [0.5, 0.6) is 0 Å². The standard InChI is InChI=1S/C11H20ClN5/c1-8(2)6-5-7-13-10-14-9(12)15-11(16-10)17(3)4/h8H,5-7H2,1-4H3,(H,13,14,15,16). The summed E-state index contributed by atoms with van der Waals surface area (Å²) in [6.45, 7) is 5.28. The molecular weight excluding hydrogens is 238 g/mol. The largest absolute Gasteiger partial charge is 0.354 e. The van der Waals surface area contributed by atoms with Crippen molar-refractivity contribution in [1.82, 2.24) is 15.0 Å². The third-order valence-corrected chi connectivity index (χ3v) is 2.41. The summed E-state index contributed by atoms with van der Waals surface area (Å²) in [5, 5.41) is 3.38. The lowest BCUT2D eigenvalue weighted by Gasteiger charge is -2.12. The smallest absolute Gasteiger partial charge is 0.230 e. The van der Waals surface area contributed by atoms with E-state index in [0.29, 0.717) is 11.9 Å². The van der Waals surface area contributed by atoms with E-state index in [1.165, 1.54) is 6.42 Å². The first-order valence-electron chi connectivity index (χ1n) is 5.82. The normalized spacial score (nSPS) is 10.7. The van der Waals surface area contributed by atoms with E-state index < -0.39 is 0 Å². The average Bonchev–Trinajstić information content (AvgIpc) is 2.23. The predicted octanol–water partition coefficient (Wildman–Crippen LogP) is 2.44. The van der Waals surface area contributed by atoms with Gasteiger partial charge in [-0.05, 0) is 30.4 Å². The number of halogens is 1. The monoisotopic (exact) mass is 257 g/mol. The van der Waals surface area contributed by atoms with Gasteiger partial charge in [-0.25, -0.2) is 0 Å². The second-order valence-electron chi connectivity index (χ2n) is 4.59. The van der Waals surface area contributed by atoms with Crippen molar-refractivity contribution >= 4 is 23.5 Å². The Morgan fingerprint density at radius 3 is 2.53 bits per heavy atom. The zero-order chi connectivity index (χ0) is 12.8. The maximum atomic E-state index is 5.83. The van der Waals surface area contributed by atoms with Crippen LogP contribution in [0, 0.1) is 5.92 Å². The van der Waals surface area contributed by atoms with Gasteiger partial charge in [0.25, 0.3) is 0 Å². The fraction of sp³-hybridized carbons (Fsp3) is 0.727. The highest BCUT2D eigenvalue weighted by atomic mass is 35.5. The molecule has 17 heavy (non-hydrogen) atoms. The van der Waals surface area contributed by atoms with Crippen molar-refractivity contribution < 1.29 is 0 Å². The Labute approximate surface area is 108 Å². The van der Waals surface area contributed by atoms with Gasteiger partial charge in [-0.15, -0.1) is 0 Å². The van der Waals surface area contributed by atoms with Gasteiger partial charge >= 0.3 is 0 Å². The molecular formula is C11H20ClN5. The summed E-state index contributed by atoms with van der Waals surface area (Å²) >= 11 is 5.83. The molecule has 0 fully saturated rings. The summed E-state index contributed by atoms with van der Waals surface area (Å²) in [5.74, 6) is 1.82. The van der Waals surface area contributed by atoms with E-state index in [0.717, 1.165) is 18.9 Å². The van der Waals surface area contributed by atoms with Crippen molar-refractivity contribution in [3.05, 3.63) is 5.28 Å². The first kappa shape index (κ1) is 14.0. The van der Waals surface area contributed by atoms with Crippen LogP contribution in [0.4, 0.5) is 11.9 Å². The maximum absolute atomic E-state index is 5.83. The second-order valence-corrected chi connectivity index (χ2v) is 4.92. The minimum Gasteiger partial charge on any atom is -0.354 e. The number of anilines is 2. The van der Waals surface area contributed by atoms with E-state index in [1.54, 1.807) is 4.90 Å². The van der Waals surface area contributed by atoms with Gasteiger partial charge in [0.2, 0.25) is 17.2 Å². The first-order chi connectivity index (χ1) is 7.99. The van der Waals surface area contributed by atoms with Gasteiger partial charge in [-0.2, -0.15) is 15.0 Å². The Kier molecular flexibility index (Phi) is 5.41. The van der Waals surface area contributed by atoms with Crippen LogP contribution in [0.3, 0.4) is 0 Å². The molecule has 1 rings (SSSR count). The van der Waals surface area contributed by atoms with E-state index in [1.807, 2.05) is 14.1 Å². The Hall–Kier alpha value is -1.10. The lowest BCUT2D eigenvalue weighted by Crippen LogP contribution is -2.15. The molecule has 0 bridgehead atoms. The molecule has 0 unspecified atom stereocenters. The molecule has 0 aromatic carbocycles. The van der Waals surface area contributed by atoms with E-state index in [4.69, 9.17) is 11.6 Å². The Morgan fingerprint density at radius 2 is 1.94 bits per heavy atom. The number of nitrogens with zero attached hydrogens (tertiary/aromatic N) is 4. The number of hydrogen-bond acceptors (Lipinski definition) is 5. The SMILES string of the molecule is CC(C)CCCNc1nc(Cl)nc(N(C)C)n1. The minimum absolute atomic E-state index is 0.218. The third kappa shape index (κ3) is 5.17. The van der Waals surface area contributed by atoms with E-state index in [2.05, 4.69) is 34.1 Å².